The normalized spacial score (nSPS) is 15.7. The van der Waals surface area contributed by atoms with E-state index in [2.05, 4.69) is 0 Å². The van der Waals surface area contributed by atoms with Crippen molar-refractivity contribution in [3.05, 3.63) is 64.7 Å². The van der Waals surface area contributed by atoms with E-state index in [9.17, 15) is 15.0 Å². The maximum absolute atomic E-state index is 12.8. The average Bonchev–Trinajstić information content (AvgIpc) is 3.04. The van der Waals surface area contributed by atoms with E-state index in [4.69, 9.17) is 5.11 Å². The molecule has 5 heteroatoms. The fourth-order valence-electron chi connectivity index (χ4n) is 3.32. The quantitative estimate of drug-likeness (QED) is 0.781. The van der Waals surface area contributed by atoms with Gasteiger partial charge in [-0.1, -0.05) is 24.3 Å². The maximum atomic E-state index is 12.8. The summed E-state index contributed by atoms with van der Waals surface area (Å²) in [4.78, 5) is 14.6. The smallest absolute Gasteiger partial charge is 0.254 e. The molecule has 0 fully saturated rings. The Morgan fingerprint density at radius 1 is 1.16 bits per heavy atom. The number of rotatable bonds is 5. The van der Waals surface area contributed by atoms with E-state index in [1.807, 2.05) is 24.3 Å². The van der Waals surface area contributed by atoms with E-state index in [1.54, 1.807) is 24.0 Å². The van der Waals surface area contributed by atoms with Crippen LogP contribution in [0.2, 0.25) is 0 Å². The van der Waals surface area contributed by atoms with E-state index in [0.717, 1.165) is 11.1 Å². The third-order valence-electron chi connectivity index (χ3n) is 4.77. The Kier molecular flexibility index (Phi) is 4.79. The van der Waals surface area contributed by atoms with Gasteiger partial charge in [0, 0.05) is 30.8 Å². The molecule has 0 spiro atoms. The van der Waals surface area contributed by atoms with Crippen LogP contribution in [-0.2, 0) is 18.7 Å². The molecule has 1 heterocycles. The van der Waals surface area contributed by atoms with Gasteiger partial charge in [-0.2, -0.15) is 0 Å². The van der Waals surface area contributed by atoms with Gasteiger partial charge in [0.25, 0.3) is 5.91 Å². The largest absolute Gasteiger partial charge is 0.508 e. The van der Waals surface area contributed by atoms with Crippen molar-refractivity contribution in [3.8, 4) is 5.75 Å². The molecule has 5 nitrogen and oxygen atoms in total. The zero-order chi connectivity index (χ0) is 18.0. The number of carbonyl (C=O) groups excluding carboxylic acids is 1. The summed E-state index contributed by atoms with van der Waals surface area (Å²) in [7, 11) is 0. The molecule has 1 amide bonds. The molecule has 2 aromatic carbocycles. The minimum absolute atomic E-state index is 0.0401. The molecule has 0 bridgehead atoms. The Bertz CT molecular complexity index is 760. The minimum atomic E-state index is -1.31. The first-order valence-electron chi connectivity index (χ1n) is 8.45. The Labute approximate surface area is 147 Å². The highest BCUT2D eigenvalue weighted by atomic mass is 16.3. The molecule has 0 aromatic heterocycles. The summed E-state index contributed by atoms with van der Waals surface area (Å²) >= 11 is 0. The van der Waals surface area contributed by atoms with Gasteiger partial charge in [0.2, 0.25) is 0 Å². The predicted molar refractivity (Wildman–Crippen MR) is 94.0 cm³/mol. The summed E-state index contributed by atoms with van der Waals surface area (Å²) in [5.74, 6) is -0.181. The van der Waals surface area contributed by atoms with Gasteiger partial charge in [-0.25, -0.2) is 0 Å². The second kappa shape index (κ2) is 6.86. The van der Waals surface area contributed by atoms with Crippen molar-refractivity contribution in [1.82, 2.24) is 4.90 Å². The van der Waals surface area contributed by atoms with Gasteiger partial charge >= 0.3 is 0 Å². The second-order valence-electron chi connectivity index (χ2n) is 6.76. The van der Waals surface area contributed by atoms with Crippen LogP contribution >= 0.6 is 0 Å². The average molecular weight is 341 g/mol. The lowest BCUT2D eigenvalue weighted by Crippen LogP contribution is -2.27. The maximum Gasteiger partial charge on any atom is 0.254 e. The zero-order valence-electron chi connectivity index (χ0n) is 14.3. The highest BCUT2D eigenvalue weighted by Gasteiger charge is 2.29. The van der Waals surface area contributed by atoms with Gasteiger partial charge in [-0.15, -0.1) is 0 Å². The third kappa shape index (κ3) is 3.52. The molecule has 25 heavy (non-hydrogen) atoms. The first kappa shape index (κ1) is 17.5. The molecule has 1 atom stereocenters. The van der Waals surface area contributed by atoms with Crippen molar-refractivity contribution in [1.29, 1.82) is 0 Å². The molecule has 2 aromatic rings. The predicted octanol–water partition coefficient (Wildman–Crippen LogP) is 2.53. The molecular weight excluding hydrogens is 318 g/mol. The van der Waals surface area contributed by atoms with Crippen molar-refractivity contribution in [2.24, 2.45) is 0 Å². The summed E-state index contributed by atoms with van der Waals surface area (Å²) < 4.78 is 0. The number of phenols is 1. The highest BCUT2D eigenvalue weighted by molar-refractivity contribution is 5.95. The lowest BCUT2D eigenvalue weighted by molar-refractivity contribution is 0.0380. The molecule has 3 N–H and O–H groups in total. The van der Waals surface area contributed by atoms with Crippen LogP contribution in [0.1, 0.15) is 46.8 Å². The molecule has 3 rings (SSSR count). The Morgan fingerprint density at radius 2 is 1.80 bits per heavy atom. The standard InChI is InChI=1S/C20H23NO4/c1-20(25,9-4-10-22)17-11-14(7-8-18(17)23)19(24)21-12-15-5-2-3-6-16(15)13-21/h2-3,5-8,11,22-23,25H,4,9-10,12-13H2,1H3. The monoisotopic (exact) mass is 341 g/mol. The van der Waals surface area contributed by atoms with Crippen LogP contribution in [0.4, 0.5) is 0 Å². The SMILES string of the molecule is CC(O)(CCCO)c1cc(C(=O)N2Cc3ccccc3C2)ccc1O. The number of fused-ring (bicyclic) bond motifs is 1. The van der Waals surface area contributed by atoms with Crippen LogP contribution in [0.15, 0.2) is 42.5 Å². The number of aliphatic hydroxyl groups excluding tert-OH is 1. The van der Waals surface area contributed by atoms with E-state index < -0.39 is 5.60 Å². The Morgan fingerprint density at radius 3 is 2.40 bits per heavy atom. The van der Waals surface area contributed by atoms with E-state index >= 15 is 0 Å². The molecule has 0 radical (unpaired) electrons. The molecule has 1 unspecified atom stereocenters. The number of phenolic OH excluding ortho intramolecular Hbond substituents is 1. The van der Waals surface area contributed by atoms with Gasteiger partial charge in [-0.3, -0.25) is 4.79 Å². The number of aliphatic hydroxyl groups is 2. The lowest BCUT2D eigenvalue weighted by atomic mass is 9.89. The Hall–Kier alpha value is -2.37. The summed E-state index contributed by atoms with van der Waals surface area (Å²) in [5.41, 5.74) is 1.72. The zero-order valence-corrected chi connectivity index (χ0v) is 14.3. The van der Waals surface area contributed by atoms with Gasteiger partial charge in [-0.05, 0) is 49.1 Å². The van der Waals surface area contributed by atoms with Crippen LogP contribution < -0.4 is 0 Å². The van der Waals surface area contributed by atoms with Crippen LogP contribution in [0.25, 0.3) is 0 Å². The fraction of sp³-hybridized carbons (Fsp3) is 0.350. The van der Waals surface area contributed by atoms with Crippen molar-refractivity contribution in [2.75, 3.05) is 6.61 Å². The second-order valence-corrected chi connectivity index (χ2v) is 6.76. The van der Waals surface area contributed by atoms with Gasteiger partial charge in [0.1, 0.15) is 5.75 Å². The topological polar surface area (TPSA) is 81.0 Å². The molecule has 132 valence electrons. The van der Waals surface area contributed by atoms with Crippen LogP contribution in [0.3, 0.4) is 0 Å². The number of hydrogen-bond donors (Lipinski definition) is 3. The van der Waals surface area contributed by atoms with Crippen molar-refractivity contribution >= 4 is 5.91 Å². The van der Waals surface area contributed by atoms with Crippen LogP contribution in [0, 0.1) is 0 Å². The van der Waals surface area contributed by atoms with Crippen LogP contribution in [-0.4, -0.2) is 32.7 Å². The lowest BCUT2D eigenvalue weighted by Gasteiger charge is -2.25. The van der Waals surface area contributed by atoms with E-state index in [1.165, 1.54) is 6.07 Å². The van der Waals surface area contributed by atoms with Gasteiger partial charge < -0.3 is 20.2 Å². The summed E-state index contributed by atoms with van der Waals surface area (Å²) in [6.45, 7) is 2.66. The van der Waals surface area contributed by atoms with Crippen molar-refractivity contribution < 1.29 is 20.1 Å². The molecule has 1 aliphatic heterocycles. The summed E-state index contributed by atoms with van der Waals surface area (Å²) in [5, 5.41) is 29.7. The number of amides is 1. The molecule has 0 saturated heterocycles. The fourth-order valence-corrected chi connectivity index (χ4v) is 3.32. The first-order chi connectivity index (χ1) is 11.9. The minimum Gasteiger partial charge on any atom is -0.508 e. The van der Waals surface area contributed by atoms with E-state index in [-0.39, 0.29) is 18.3 Å². The van der Waals surface area contributed by atoms with Crippen LogP contribution in [0.5, 0.6) is 5.75 Å². The molecule has 1 aliphatic rings. The first-order valence-corrected chi connectivity index (χ1v) is 8.45. The van der Waals surface area contributed by atoms with Gasteiger partial charge in [0.05, 0.1) is 5.60 Å². The number of benzene rings is 2. The molecular formula is C20H23NO4. The number of carbonyl (C=O) groups is 1. The van der Waals surface area contributed by atoms with Crippen molar-refractivity contribution in [3.63, 3.8) is 0 Å². The number of aromatic hydroxyl groups is 1. The third-order valence-corrected chi connectivity index (χ3v) is 4.77. The highest BCUT2D eigenvalue weighted by Crippen LogP contribution is 2.34. The number of hydrogen-bond acceptors (Lipinski definition) is 4. The Balaban J connectivity index is 1.84. The number of nitrogens with zero attached hydrogens (tertiary/aromatic N) is 1. The molecule has 0 aliphatic carbocycles. The summed E-state index contributed by atoms with van der Waals surface area (Å²) in [6, 6.07) is 12.5. The van der Waals surface area contributed by atoms with E-state index in [0.29, 0.717) is 37.1 Å². The van der Waals surface area contributed by atoms with Gasteiger partial charge in [0.15, 0.2) is 0 Å². The molecule has 0 saturated carbocycles. The summed E-state index contributed by atoms with van der Waals surface area (Å²) in [6.07, 6.45) is 0.704. The van der Waals surface area contributed by atoms with Crippen molar-refractivity contribution in [2.45, 2.75) is 38.5 Å².